The number of nitrogens with one attached hydrogen (secondary N) is 1. The summed E-state index contributed by atoms with van der Waals surface area (Å²) in [5.74, 6) is 4.90. The summed E-state index contributed by atoms with van der Waals surface area (Å²) in [5.41, 5.74) is 4.55. The van der Waals surface area contributed by atoms with Crippen LogP contribution in [0.1, 0.15) is 10.7 Å². The van der Waals surface area contributed by atoms with Crippen molar-refractivity contribution >= 4 is 23.1 Å². The van der Waals surface area contributed by atoms with Gasteiger partial charge < -0.3 is 0 Å². The lowest BCUT2D eigenvalue weighted by atomic mass is 10.1. The third kappa shape index (κ3) is 3.21. The van der Waals surface area contributed by atoms with Gasteiger partial charge in [-0.15, -0.1) is 16.5 Å². The molecule has 0 aliphatic heterocycles. The number of hydrazine groups is 1. The fourth-order valence-electron chi connectivity index (χ4n) is 1.61. The van der Waals surface area contributed by atoms with Gasteiger partial charge in [0.05, 0.1) is 21.3 Å². The molecule has 1 aromatic carbocycles. The second-order valence-corrected chi connectivity index (χ2v) is 5.05. The van der Waals surface area contributed by atoms with E-state index in [2.05, 4.69) is 15.2 Å². The average molecular weight is 275 g/mol. The van der Waals surface area contributed by atoms with Crippen LogP contribution >= 0.6 is 11.3 Å². The topological polar surface area (TPSA) is 92.7 Å². The Morgan fingerprint density at radius 1 is 1.32 bits per heavy atom. The molecule has 19 heavy (non-hydrogen) atoms. The van der Waals surface area contributed by atoms with E-state index in [1.165, 1.54) is 0 Å². The largest absolute Gasteiger partial charge is 0.373 e. The first kappa shape index (κ1) is 13.3. The van der Waals surface area contributed by atoms with Gasteiger partial charge in [0.1, 0.15) is 0 Å². The summed E-state index contributed by atoms with van der Waals surface area (Å²) in [7, 11) is 0. The minimum absolute atomic E-state index is 0.589. The van der Waals surface area contributed by atoms with Crippen molar-refractivity contribution in [1.82, 2.24) is 10.4 Å². The Hall–Kier alpha value is -2.12. The van der Waals surface area contributed by atoms with Crippen LogP contribution in [0.5, 0.6) is 0 Å². The van der Waals surface area contributed by atoms with Crippen LogP contribution < -0.4 is 11.3 Å². The summed E-state index contributed by atoms with van der Waals surface area (Å²) in [6, 6.07) is 6.75. The molecule has 0 unspecified atom stereocenters. The van der Waals surface area contributed by atoms with Crippen molar-refractivity contribution in [1.29, 1.82) is 0 Å². The molecule has 0 aliphatic rings. The molecule has 0 saturated carbocycles. The van der Waals surface area contributed by atoms with Crippen LogP contribution in [-0.2, 0) is 0 Å². The zero-order valence-electron chi connectivity index (χ0n) is 10.5. The highest BCUT2D eigenvalue weighted by Crippen LogP contribution is 2.30. The maximum Gasteiger partial charge on any atom is 0.373 e. The smallest absolute Gasteiger partial charge is 0.273 e. The first-order valence-corrected chi connectivity index (χ1v) is 6.38. The van der Waals surface area contributed by atoms with Crippen molar-refractivity contribution in [3.8, 4) is 10.4 Å². The number of carbonyl (C=O) groups excluding carboxylic acids is 1. The lowest BCUT2D eigenvalue weighted by Gasteiger charge is -1.99. The molecule has 2 aromatic rings. The van der Waals surface area contributed by atoms with Gasteiger partial charge in [0.15, 0.2) is 0 Å². The highest BCUT2D eigenvalue weighted by molar-refractivity contribution is 7.15. The number of urea groups is 1. The van der Waals surface area contributed by atoms with Crippen molar-refractivity contribution in [3.63, 3.8) is 0 Å². The minimum atomic E-state index is -0.682. The second-order valence-electron chi connectivity index (χ2n) is 3.84. The lowest BCUT2D eigenvalue weighted by Crippen LogP contribution is -2.26. The van der Waals surface area contributed by atoms with Crippen molar-refractivity contribution < 1.29 is 4.79 Å². The molecule has 0 atom stereocenters. The Morgan fingerprint density at radius 2 is 2.00 bits per heavy atom. The number of nitrogens with two attached hydrogens (primary N) is 1. The molecule has 7 heteroatoms. The van der Waals surface area contributed by atoms with E-state index in [0.717, 1.165) is 21.1 Å². The fraction of sp³-hybridized carbons (Fsp3) is 0.167. The van der Waals surface area contributed by atoms with Crippen molar-refractivity contribution in [3.05, 3.63) is 35.0 Å². The number of hydrogen-bond acceptors (Lipinski definition) is 5. The number of rotatable bonds is 2. The maximum absolute atomic E-state index is 10.8. The Bertz CT molecular complexity index is 618. The number of azo groups is 1. The molecule has 0 radical (unpaired) electrons. The van der Waals surface area contributed by atoms with Gasteiger partial charge >= 0.3 is 6.03 Å². The molecule has 1 heterocycles. The zero-order chi connectivity index (χ0) is 13.8. The van der Waals surface area contributed by atoms with E-state index in [9.17, 15) is 4.79 Å². The maximum atomic E-state index is 10.8. The molecule has 0 saturated heterocycles. The molecule has 2 amide bonds. The van der Waals surface area contributed by atoms with Crippen molar-refractivity contribution in [2.75, 3.05) is 0 Å². The molecule has 2 rings (SSSR count). The van der Waals surface area contributed by atoms with Gasteiger partial charge in [0, 0.05) is 0 Å². The molecule has 0 fully saturated rings. The monoisotopic (exact) mass is 275 g/mol. The number of amides is 2. The summed E-state index contributed by atoms with van der Waals surface area (Å²) >= 11 is 1.65. The van der Waals surface area contributed by atoms with Gasteiger partial charge in [-0.05, 0) is 31.5 Å². The number of thiazole rings is 1. The Morgan fingerprint density at radius 3 is 2.53 bits per heavy atom. The van der Waals surface area contributed by atoms with E-state index in [-0.39, 0.29) is 0 Å². The predicted octanol–water partition coefficient (Wildman–Crippen LogP) is 3.09. The van der Waals surface area contributed by atoms with E-state index >= 15 is 0 Å². The zero-order valence-corrected chi connectivity index (χ0v) is 11.4. The lowest BCUT2D eigenvalue weighted by molar-refractivity contribution is 0.248. The molecule has 6 nitrogen and oxygen atoms in total. The standard InChI is InChI=1S/C12H13N5OS/c1-7-11(19-8(2)14-7)9-3-5-10(6-4-9)16-17-12(18)15-13/h3-6H,13H2,1-2H3,(H,15,18). The molecule has 1 aromatic heterocycles. The molecule has 3 N–H and O–H groups in total. The van der Waals surface area contributed by atoms with Gasteiger partial charge in [-0.3, -0.25) is 5.43 Å². The Labute approximate surface area is 114 Å². The van der Waals surface area contributed by atoms with Crippen LogP contribution in [0.15, 0.2) is 34.5 Å². The third-order valence-electron chi connectivity index (χ3n) is 2.41. The third-order valence-corrected chi connectivity index (χ3v) is 3.53. The summed E-state index contributed by atoms with van der Waals surface area (Å²) in [5, 5.41) is 8.18. The van der Waals surface area contributed by atoms with Gasteiger partial charge in [0.25, 0.3) is 0 Å². The van der Waals surface area contributed by atoms with Crippen molar-refractivity contribution in [2.24, 2.45) is 16.1 Å². The first-order valence-electron chi connectivity index (χ1n) is 5.57. The number of carbonyl (C=O) groups is 1. The van der Waals surface area contributed by atoms with Gasteiger partial charge in [-0.1, -0.05) is 17.2 Å². The minimum Gasteiger partial charge on any atom is -0.273 e. The summed E-state index contributed by atoms with van der Waals surface area (Å²) in [6.07, 6.45) is 0. The van der Waals surface area contributed by atoms with Gasteiger partial charge in [-0.2, -0.15) is 0 Å². The number of benzene rings is 1. The van der Waals surface area contributed by atoms with Gasteiger partial charge in [0.2, 0.25) is 0 Å². The quantitative estimate of drug-likeness (QED) is 0.381. The van der Waals surface area contributed by atoms with Crippen LogP contribution in [-0.4, -0.2) is 11.0 Å². The summed E-state index contributed by atoms with van der Waals surface area (Å²) in [6.45, 7) is 3.97. The number of nitrogens with zero attached hydrogens (tertiary/aromatic N) is 3. The molecule has 98 valence electrons. The molecule has 0 spiro atoms. The van der Waals surface area contributed by atoms with Crippen LogP contribution in [0.3, 0.4) is 0 Å². The van der Waals surface area contributed by atoms with E-state index < -0.39 is 6.03 Å². The fourth-order valence-corrected chi connectivity index (χ4v) is 2.54. The first-order chi connectivity index (χ1) is 9.10. The predicted molar refractivity (Wildman–Crippen MR) is 74.3 cm³/mol. The SMILES string of the molecule is Cc1nc(C)c(-c2ccc(N=NC(=O)NN)cc2)s1. The number of aryl methyl sites for hydroxylation is 2. The van der Waals surface area contributed by atoms with Crippen LogP contribution in [0.25, 0.3) is 10.4 Å². The van der Waals surface area contributed by atoms with Crippen LogP contribution in [0, 0.1) is 13.8 Å². The normalized spacial score (nSPS) is 10.9. The highest BCUT2D eigenvalue weighted by Gasteiger charge is 2.07. The van der Waals surface area contributed by atoms with Crippen LogP contribution in [0.4, 0.5) is 10.5 Å². The molecule has 0 bridgehead atoms. The summed E-state index contributed by atoms with van der Waals surface area (Å²) in [4.78, 5) is 16.3. The molecular weight excluding hydrogens is 262 g/mol. The Kier molecular flexibility index (Phi) is 3.98. The van der Waals surface area contributed by atoms with Gasteiger partial charge in [-0.25, -0.2) is 15.6 Å². The summed E-state index contributed by atoms with van der Waals surface area (Å²) < 4.78 is 0. The Balaban J connectivity index is 2.21. The average Bonchev–Trinajstić information content (AvgIpc) is 2.75. The number of aromatic nitrogens is 1. The highest BCUT2D eigenvalue weighted by atomic mass is 32.1. The van der Waals surface area contributed by atoms with Crippen LogP contribution in [0.2, 0.25) is 0 Å². The molecule has 0 aliphatic carbocycles. The molecular formula is C12H13N5OS. The van der Waals surface area contributed by atoms with E-state index in [0.29, 0.717) is 5.69 Å². The van der Waals surface area contributed by atoms with E-state index in [1.807, 2.05) is 31.4 Å². The van der Waals surface area contributed by atoms with E-state index in [1.54, 1.807) is 23.5 Å². The van der Waals surface area contributed by atoms with E-state index in [4.69, 9.17) is 5.84 Å². The second kappa shape index (κ2) is 5.68. The number of hydrogen-bond donors (Lipinski definition) is 2. The van der Waals surface area contributed by atoms with Crippen molar-refractivity contribution in [2.45, 2.75) is 13.8 Å².